The second kappa shape index (κ2) is 9.94. The fourth-order valence-electron chi connectivity index (χ4n) is 3.67. The summed E-state index contributed by atoms with van der Waals surface area (Å²) >= 11 is 8.83. The molecule has 0 radical (unpaired) electrons. The van der Waals surface area contributed by atoms with Crippen LogP contribution in [-0.2, 0) is 24.7 Å². The molecule has 1 atom stereocenters. The molecule has 3 aromatic rings. The molecule has 10 heteroatoms. The van der Waals surface area contributed by atoms with Crippen LogP contribution in [0.15, 0.2) is 29.4 Å². The van der Waals surface area contributed by atoms with Crippen molar-refractivity contribution < 1.29 is 9.53 Å². The van der Waals surface area contributed by atoms with Crippen LogP contribution >= 0.6 is 34.7 Å². The zero-order valence-corrected chi connectivity index (χ0v) is 20.1. The van der Waals surface area contributed by atoms with Crippen molar-refractivity contribution in [2.45, 2.75) is 43.9 Å². The van der Waals surface area contributed by atoms with Gasteiger partial charge in [-0.05, 0) is 56.4 Å². The number of aromatic nitrogens is 3. The van der Waals surface area contributed by atoms with E-state index in [0.717, 1.165) is 31.2 Å². The average molecular weight is 488 g/mol. The number of hydrogen-bond donors (Lipinski definition) is 1. The number of fused-ring (bicyclic) bond motifs is 1. The molecule has 4 rings (SSSR count). The number of rotatable bonds is 7. The molecule has 1 amide bonds. The van der Waals surface area contributed by atoms with E-state index >= 15 is 0 Å². The van der Waals surface area contributed by atoms with Gasteiger partial charge in [0.05, 0.1) is 11.3 Å². The number of benzene rings is 1. The molecule has 1 unspecified atom stereocenters. The molecule has 2 aromatic heterocycles. The molecular weight excluding hydrogens is 466 g/mol. The molecule has 166 valence electrons. The third-order valence-corrected chi connectivity index (χ3v) is 7.67. The number of thioether (sulfide) groups is 1. The first kappa shape index (κ1) is 22.6. The van der Waals surface area contributed by atoms with E-state index in [9.17, 15) is 10.1 Å². The average Bonchev–Trinajstić information content (AvgIpc) is 3.31. The first-order valence-corrected chi connectivity index (χ1v) is 12.4. The van der Waals surface area contributed by atoms with E-state index in [4.69, 9.17) is 16.3 Å². The van der Waals surface area contributed by atoms with E-state index in [1.807, 2.05) is 30.7 Å². The lowest BCUT2D eigenvalue weighted by Crippen LogP contribution is -2.15. The van der Waals surface area contributed by atoms with Gasteiger partial charge in [0.1, 0.15) is 16.8 Å². The molecule has 0 saturated heterocycles. The summed E-state index contributed by atoms with van der Waals surface area (Å²) in [5, 5.41) is 22.8. The van der Waals surface area contributed by atoms with Gasteiger partial charge in [0, 0.05) is 16.9 Å². The Hall–Kier alpha value is -2.54. The van der Waals surface area contributed by atoms with Crippen molar-refractivity contribution in [2.24, 2.45) is 7.05 Å². The first-order valence-electron chi connectivity index (χ1n) is 10.2. The number of nitrogens with one attached hydrogen (secondary N) is 1. The first-order chi connectivity index (χ1) is 15.5. The highest BCUT2D eigenvalue weighted by atomic mass is 35.5. The normalized spacial score (nSPS) is 13.8. The number of aryl methyl sites for hydroxylation is 1. The molecular formula is C22H22ClN5O2S2. The minimum absolute atomic E-state index is 0.169. The lowest BCUT2D eigenvalue weighted by Gasteiger charge is -2.14. The van der Waals surface area contributed by atoms with Crippen LogP contribution in [0.1, 0.15) is 47.7 Å². The van der Waals surface area contributed by atoms with E-state index < -0.39 is 0 Å². The third kappa shape index (κ3) is 4.93. The molecule has 1 aromatic carbocycles. The molecule has 1 aliphatic carbocycles. The summed E-state index contributed by atoms with van der Waals surface area (Å²) in [6.45, 7) is 1.88. The number of carbonyl (C=O) groups is 1. The van der Waals surface area contributed by atoms with Crippen molar-refractivity contribution in [1.82, 2.24) is 14.8 Å². The van der Waals surface area contributed by atoms with Gasteiger partial charge in [-0.2, -0.15) is 5.26 Å². The highest BCUT2D eigenvalue weighted by Gasteiger charge is 2.22. The Morgan fingerprint density at radius 2 is 2.22 bits per heavy atom. The molecule has 2 heterocycles. The number of hydrogen-bond acceptors (Lipinski definition) is 7. The number of ether oxygens (including phenoxy) is 1. The van der Waals surface area contributed by atoms with Gasteiger partial charge in [-0.15, -0.1) is 21.5 Å². The number of nitrogens with zero attached hydrogens (tertiary/aromatic N) is 4. The number of halogens is 1. The second-order valence-electron chi connectivity index (χ2n) is 7.48. The van der Waals surface area contributed by atoms with Crippen molar-refractivity contribution in [3.05, 3.63) is 51.1 Å². The molecule has 1 N–H and O–H groups in total. The Kier molecular flexibility index (Phi) is 7.04. The maximum absolute atomic E-state index is 12.6. The lowest BCUT2D eigenvalue weighted by molar-refractivity contribution is -0.113. The van der Waals surface area contributed by atoms with Crippen molar-refractivity contribution >= 4 is 45.6 Å². The van der Waals surface area contributed by atoms with Gasteiger partial charge in [0.2, 0.25) is 5.91 Å². The summed E-state index contributed by atoms with van der Waals surface area (Å²) in [4.78, 5) is 13.8. The predicted molar refractivity (Wildman–Crippen MR) is 127 cm³/mol. The van der Waals surface area contributed by atoms with Crippen LogP contribution in [0.25, 0.3) is 0 Å². The maximum atomic E-state index is 12.6. The van der Waals surface area contributed by atoms with Crippen LogP contribution < -0.4 is 10.1 Å². The number of nitriles is 1. The van der Waals surface area contributed by atoms with Crippen molar-refractivity contribution in [1.29, 1.82) is 5.26 Å². The Labute approximate surface area is 199 Å². The molecule has 0 bridgehead atoms. The maximum Gasteiger partial charge on any atom is 0.235 e. The lowest BCUT2D eigenvalue weighted by atomic mass is 9.96. The van der Waals surface area contributed by atoms with Crippen LogP contribution in [0.5, 0.6) is 5.75 Å². The van der Waals surface area contributed by atoms with Crippen LogP contribution in [-0.4, -0.2) is 26.4 Å². The van der Waals surface area contributed by atoms with Gasteiger partial charge in [0.15, 0.2) is 17.1 Å². The number of carbonyl (C=O) groups excluding carboxylic acids is 1. The minimum Gasteiger partial charge on any atom is -0.483 e. The van der Waals surface area contributed by atoms with E-state index in [-0.39, 0.29) is 17.8 Å². The second-order valence-corrected chi connectivity index (χ2v) is 9.97. The summed E-state index contributed by atoms with van der Waals surface area (Å²) < 4.78 is 7.74. The molecule has 7 nitrogen and oxygen atoms in total. The zero-order chi connectivity index (χ0) is 22.7. The van der Waals surface area contributed by atoms with E-state index in [1.165, 1.54) is 28.0 Å². The fourth-order valence-corrected chi connectivity index (χ4v) is 5.82. The SMILES string of the molecule is CC(Oc1cccc(Cl)c1)c1nnc(SCC(=O)Nc2sc3c(c2C#N)CCCC3)n1C. The van der Waals surface area contributed by atoms with Gasteiger partial charge in [-0.3, -0.25) is 4.79 Å². The molecule has 1 aliphatic rings. The molecule has 0 saturated carbocycles. The van der Waals surface area contributed by atoms with Crippen molar-refractivity contribution in [3.63, 3.8) is 0 Å². The summed E-state index contributed by atoms with van der Waals surface area (Å²) in [6.07, 6.45) is 3.78. The topological polar surface area (TPSA) is 92.8 Å². The van der Waals surface area contributed by atoms with Crippen molar-refractivity contribution in [3.8, 4) is 11.8 Å². The van der Waals surface area contributed by atoms with Gasteiger partial charge in [-0.1, -0.05) is 29.4 Å². The zero-order valence-electron chi connectivity index (χ0n) is 17.7. The summed E-state index contributed by atoms with van der Waals surface area (Å²) in [5.41, 5.74) is 1.73. The number of amides is 1. The van der Waals surface area contributed by atoms with Gasteiger partial charge < -0.3 is 14.6 Å². The highest BCUT2D eigenvalue weighted by Crippen LogP contribution is 2.37. The quantitative estimate of drug-likeness (QED) is 0.463. The summed E-state index contributed by atoms with van der Waals surface area (Å²) in [7, 11) is 1.84. The molecule has 32 heavy (non-hydrogen) atoms. The van der Waals surface area contributed by atoms with Gasteiger partial charge >= 0.3 is 0 Å². The fraction of sp³-hybridized carbons (Fsp3) is 0.364. The van der Waals surface area contributed by atoms with E-state index in [1.54, 1.807) is 12.1 Å². The van der Waals surface area contributed by atoms with E-state index in [2.05, 4.69) is 21.6 Å². The summed E-state index contributed by atoms with van der Waals surface area (Å²) in [5.74, 6) is 1.29. The Morgan fingerprint density at radius 1 is 1.41 bits per heavy atom. The van der Waals surface area contributed by atoms with Gasteiger partial charge in [-0.25, -0.2) is 0 Å². The monoisotopic (exact) mass is 487 g/mol. The largest absolute Gasteiger partial charge is 0.483 e. The van der Waals surface area contributed by atoms with Gasteiger partial charge in [0.25, 0.3) is 0 Å². The molecule has 0 fully saturated rings. The Balaban J connectivity index is 1.37. The van der Waals surface area contributed by atoms with Crippen LogP contribution in [0.4, 0.5) is 5.00 Å². The Bertz CT molecular complexity index is 1180. The van der Waals surface area contributed by atoms with Crippen LogP contribution in [0.3, 0.4) is 0 Å². The minimum atomic E-state index is -0.343. The number of anilines is 1. The van der Waals surface area contributed by atoms with Crippen molar-refractivity contribution in [2.75, 3.05) is 11.1 Å². The summed E-state index contributed by atoms with van der Waals surface area (Å²) in [6, 6.07) is 9.45. The standard InChI is InChI=1S/C22H22ClN5O2S2/c1-13(30-15-7-5-6-14(23)10-15)20-26-27-22(28(20)2)31-12-19(29)25-21-17(11-24)16-8-3-4-9-18(16)32-21/h5-7,10,13H,3-4,8-9,12H2,1-2H3,(H,25,29). The molecule has 0 aliphatic heterocycles. The van der Waals surface area contributed by atoms with Crippen LogP contribution in [0.2, 0.25) is 5.02 Å². The predicted octanol–water partition coefficient (Wildman–Crippen LogP) is 5.15. The van der Waals surface area contributed by atoms with E-state index in [0.29, 0.717) is 32.3 Å². The molecule has 0 spiro atoms. The van der Waals surface area contributed by atoms with Crippen LogP contribution in [0, 0.1) is 11.3 Å². The third-order valence-electron chi connectivity index (χ3n) is 5.21. The highest BCUT2D eigenvalue weighted by molar-refractivity contribution is 7.99. The smallest absolute Gasteiger partial charge is 0.235 e. The Morgan fingerprint density at radius 3 is 3.00 bits per heavy atom. The number of thiophene rings is 1.